The Labute approximate surface area is 223 Å². The summed E-state index contributed by atoms with van der Waals surface area (Å²) in [5.41, 5.74) is 2.19. The van der Waals surface area contributed by atoms with Gasteiger partial charge < -0.3 is 19.5 Å². The van der Waals surface area contributed by atoms with Gasteiger partial charge in [-0.1, -0.05) is 36.4 Å². The van der Waals surface area contributed by atoms with Gasteiger partial charge in [0, 0.05) is 25.2 Å². The van der Waals surface area contributed by atoms with Crippen molar-refractivity contribution >= 4 is 21.6 Å². The molecule has 0 spiro atoms. The smallest absolute Gasteiger partial charge is 0.264 e. The number of sulfonamides is 1. The molecule has 0 bridgehead atoms. The Morgan fingerprint density at radius 3 is 2.45 bits per heavy atom. The van der Waals surface area contributed by atoms with E-state index in [4.69, 9.17) is 14.2 Å². The van der Waals surface area contributed by atoms with E-state index in [0.717, 1.165) is 24.0 Å². The van der Waals surface area contributed by atoms with Gasteiger partial charge in [0.05, 0.1) is 24.2 Å². The summed E-state index contributed by atoms with van der Waals surface area (Å²) in [7, 11) is -2.45. The van der Waals surface area contributed by atoms with Crippen LogP contribution in [0.15, 0.2) is 77.7 Å². The maximum atomic E-state index is 13.8. The maximum Gasteiger partial charge on any atom is 0.264 e. The second kappa shape index (κ2) is 10.7. The van der Waals surface area contributed by atoms with Crippen molar-refractivity contribution in [3.63, 3.8) is 0 Å². The van der Waals surface area contributed by atoms with Crippen LogP contribution in [0.25, 0.3) is 0 Å². The third-order valence-corrected chi connectivity index (χ3v) is 9.15. The quantitative estimate of drug-likeness (QED) is 0.493. The molecule has 3 aromatic rings. The predicted octanol–water partition coefficient (Wildman–Crippen LogP) is 3.82. The van der Waals surface area contributed by atoms with E-state index < -0.39 is 16.1 Å². The van der Waals surface area contributed by atoms with Crippen molar-refractivity contribution in [1.82, 2.24) is 5.32 Å². The summed E-state index contributed by atoms with van der Waals surface area (Å²) in [5.74, 6) is 0.552. The monoisotopic (exact) mass is 536 g/mol. The second-order valence-corrected chi connectivity index (χ2v) is 11.6. The first kappa shape index (κ1) is 26.1. The highest BCUT2D eigenvalue weighted by Gasteiger charge is 2.40. The second-order valence-electron chi connectivity index (χ2n) is 9.77. The van der Waals surface area contributed by atoms with Crippen molar-refractivity contribution in [3.05, 3.63) is 83.9 Å². The number of carbonyl (C=O) groups is 1. The van der Waals surface area contributed by atoms with E-state index >= 15 is 0 Å². The molecule has 1 atom stereocenters. The number of hydrogen-bond donors (Lipinski definition) is 1. The van der Waals surface area contributed by atoms with Crippen LogP contribution in [0.1, 0.15) is 24.0 Å². The first-order valence-corrected chi connectivity index (χ1v) is 14.1. The zero-order valence-electron chi connectivity index (χ0n) is 21.6. The Hall–Kier alpha value is -3.56. The van der Waals surface area contributed by atoms with Crippen molar-refractivity contribution in [1.29, 1.82) is 0 Å². The molecule has 1 unspecified atom stereocenters. The van der Waals surface area contributed by atoms with E-state index in [1.54, 1.807) is 24.3 Å². The average molecular weight is 537 g/mol. The van der Waals surface area contributed by atoms with Gasteiger partial charge in [-0.2, -0.15) is 0 Å². The van der Waals surface area contributed by atoms with Crippen LogP contribution in [0.3, 0.4) is 0 Å². The minimum Gasteiger partial charge on any atom is -0.497 e. The van der Waals surface area contributed by atoms with Crippen molar-refractivity contribution in [2.75, 3.05) is 37.7 Å². The zero-order valence-corrected chi connectivity index (χ0v) is 22.4. The summed E-state index contributed by atoms with van der Waals surface area (Å²) >= 11 is 0. The van der Waals surface area contributed by atoms with E-state index in [-0.39, 0.29) is 22.8 Å². The van der Waals surface area contributed by atoms with Crippen LogP contribution in [0.4, 0.5) is 5.69 Å². The predicted molar refractivity (Wildman–Crippen MR) is 144 cm³/mol. The van der Waals surface area contributed by atoms with Gasteiger partial charge in [0.25, 0.3) is 15.9 Å². The van der Waals surface area contributed by atoms with E-state index in [1.165, 1.54) is 23.5 Å². The number of ether oxygens (including phenoxy) is 3. The highest BCUT2D eigenvalue weighted by atomic mass is 32.2. The number of anilines is 1. The molecule has 2 aliphatic rings. The molecular formula is C29H32N2O6S. The Balaban J connectivity index is 1.41. The normalized spacial score (nSPS) is 18.7. The molecule has 1 N–H and O–H groups in total. The number of nitrogens with one attached hydrogen (secondary N) is 1. The SMILES string of the molecule is COc1ccc(S(=O)(=O)N2CC(C(=O)NCC3(c4ccccc4)CCOCC3)Oc3ccc(C)cc32)cc1. The molecule has 5 rings (SSSR count). The van der Waals surface area contributed by atoms with Crippen LogP contribution < -0.4 is 19.1 Å². The fraction of sp³-hybridized carbons (Fsp3) is 0.345. The Bertz CT molecular complexity index is 1390. The fourth-order valence-corrected chi connectivity index (χ4v) is 6.56. The molecule has 0 radical (unpaired) electrons. The summed E-state index contributed by atoms with van der Waals surface area (Å²) in [6.45, 7) is 3.38. The van der Waals surface area contributed by atoms with Crippen LogP contribution in [-0.2, 0) is 25.0 Å². The molecule has 1 amide bonds. The molecule has 0 aliphatic carbocycles. The third kappa shape index (κ3) is 5.08. The molecule has 9 heteroatoms. The van der Waals surface area contributed by atoms with Gasteiger partial charge in [-0.15, -0.1) is 0 Å². The van der Waals surface area contributed by atoms with E-state index in [2.05, 4.69) is 17.4 Å². The number of nitrogens with zero attached hydrogens (tertiary/aromatic N) is 1. The van der Waals surface area contributed by atoms with E-state index in [0.29, 0.717) is 36.9 Å². The molecule has 2 heterocycles. The topological polar surface area (TPSA) is 94.2 Å². The number of rotatable bonds is 7. The van der Waals surface area contributed by atoms with Crippen LogP contribution in [-0.4, -0.2) is 53.8 Å². The number of aryl methyl sites for hydroxylation is 1. The van der Waals surface area contributed by atoms with Crippen LogP contribution in [0.5, 0.6) is 11.5 Å². The number of fused-ring (bicyclic) bond motifs is 1. The van der Waals surface area contributed by atoms with Crippen LogP contribution >= 0.6 is 0 Å². The lowest BCUT2D eigenvalue weighted by Crippen LogP contribution is -2.53. The first-order valence-electron chi connectivity index (χ1n) is 12.7. The Morgan fingerprint density at radius 1 is 1.05 bits per heavy atom. The molecule has 38 heavy (non-hydrogen) atoms. The van der Waals surface area contributed by atoms with E-state index in [9.17, 15) is 13.2 Å². The van der Waals surface area contributed by atoms with Crippen LogP contribution in [0.2, 0.25) is 0 Å². The maximum absolute atomic E-state index is 13.8. The lowest BCUT2D eigenvalue weighted by molar-refractivity contribution is -0.128. The first-order chi connectivity index (χ1) is 18.3. The largest absolute Gasteiger partial charge is 0.497 e. The van der Waals surface area contributed by atoms with Gasteiger partial charge in [-0.3, -0.25) is 9.10 Å². The van der Waals surface area contributed by atoms with Gasteiger partial charge in [-0.25, -0.2) is 8.42 Å². The minimum atomic E-state index is -3.97. The summed E-state index contributed by atoms with van der Waals surface area (Å²) in [4.78, 5) is 13.6. The van der Waals surface area contributed by atoms with E-state index in [1.807, 2.05) is 31.2 Å². The molecule has 0 saturated carbocycles. The summed E-state index contributed by atoms with van der Waals surface area (Å²) < 4.78 is 45.6. The molecule has 1 fully saturated rings. The van der Waals surface area contributed by atoms with Gasteiger partial charge in [0.1, 0.15) is 11.5 Å². The molecule has 2 aliphatic heterocycles. The zero-order chi connectivity index (χ0) is 26.8. The summed E-state index contributed by atoms with van der Waals surface area (Å²) in [6.07, 6.45) is 0.553. The molecule has 3 aromatic carbocycles. The van der Waals surface area contributed by atoms with Crippen molar-refractivity contribution < 1.29 is 27.4 Å². The minimum absolute atomic E-state index is 0.108. The van der Waals surface area contributed by atoms with Crippen molar-refractivity contribution in [2.24, 2.45) is 0 Å². The highest BCUT2D eigenvalue weighted by molar-refractivity contribution is 7.92. The summed E-state index contributed by atoms with van der Waals surface area (Å²) in [5, 5.41) is 3.07. The number of methoxy groups -OCH3 is 1. The molecule has 8 nitrogen and oxygen atoms in total. The lowest BCUT2D eigenvalue weighted by Gasteiger charge is -2.39. The number of amides is 1. The lowest BCUT2D eigenvalue weighted by atomic mass is 9.74. The Morgan fingerprint density at radius 2 is 1.76 bits per heavy atom. The molecule has 1 saturated heterocycles. The standard InChI is InChI=1S/C29H32N2O6S/c1-21-8-13-26-25(18-21)31(38(33,34)24-11-9-23(35-2)10-12-24)19-27(37-26)28(32)30-20-29(14-16-36-17-15-29)22-6-4-3-5-7-22/h3-13,18,27H,14-17,19-20H2,1-2H3,(H,30,32). The summed E-state index contributed by atoms with van der Waals surface area (Å²) in [6, 6.07) is 21.7. The number of hydrogen-bond acceptors (Lipinski definition) is 6. The highest BCUT2D eigenvalue weighted by Crippen LogP contribution is 2.38. The van der Waals surface area contributed by atoms with Crippen LogP contribution in [0, 0.1) is 6.92 Å². The molecule has 200 valence electrons. The van der Waals surface area contributed by atoms with Gasteiger partial charge in [0.2, 0.25) is 0 Å². The fourth-order valence-electron chi connectivity index (χ4n) is 5.09. The van der Waals surface area contributed by atoms with Gasteiger partial charge in [-0.05, 0) is 67.3 Å². The third-order valence-electron chi connectivity index (χ3n) is 7.36. The van der Waals surface area contributed by atoms with Crippen molar-refractivity contribution in [3.8, 4) is 11.5 Å². The van der Waals surface area contributed by atoms with Crippen molar-refractivity contribution in [2.45, 2.75) is 36.2 Å². The number of benzene rings is 3. The molecule has 0 aromatic heterocycles. The average Bonchev–Trinajstić information content (AvgIpc) is 2.96. The Kier molecular flexibility index (Phi) is 7.32. The molecular weight excluding hydrogens is 504 g/mol. The van der Waals surface area contributed by atoms with Gasteiger partial charge >= 0.3 is 0 Å². The van der Waals surface area contributed by atoms with Gasteiger partial charge in [0.15, 0.2) is 6.10 Å². The number of carbonyl (C=O) groups excluding carboxylic acids is 1.